The minimum Gasteiger partial charge on any atom is -0.330 e. The molecule has 0 aliphatic carbocycles. The Hall–Kier alpha value is -2.87. The maximum absolute atomic E-state index is 13.1. The van der Waals surface area contributed by atoms with Crippen molar-refractivity contribution in [3.8, 4) is 6.07 Å². The third-order valence-electron chi connectivity index (χ3n) is 3.24. The van der Waals surface area contributed by atoms with Gasteiger partial charge in [-0.05, 0) is 36.2 Å². The van der Waals surface area contributed by atoms with Gasteiger partial charge < -0.3 is 10.6 Å². The fourth-order valence-corrected chi connectivity index (χ4v) is 2.11. The zero-order chi connectivity index (χ0) is 15.9. The molecule has 0 saturated carbocycles. The van der Waals surface area contributed by atoms with Crippen molar-refractivity contribution in [2.75, 3.05) is 5.32 Å². The topological polar surface area (TPSA) is 64.9 Å². The van der Waals surface area contributed by atoms with E-state index < -0.39 is 12.1 Å². The molecule has 2 aromatic rings. The molecule has 0 aliphatic heterocycles. The van der Waals surface area contributed by atoms with Crippen LogP contribution < -0.4 is 10.6 Å². The number of anilines is 1. The van der Waals surface area contributed by atoms with E-state index in [1.807, 2.05) is 30.3 Å². The number of rotatable bonds is 4. The summed E-state index contributed by atoms with van der Waals surface area (Å²) in [6.45, 7) is 1.71. The molecule has 0 unspecified atom stereocenters. The largest absolute Gasteiger partial charge is 0.330 e. The van der Waals surface area contributed by atoms with Gasteiger partial charge in [0.1, 0.15) is 5.82 Å². The Kier molecular flexibility index (Phi) is 5.10. The second-order valence-electron chi connectivity index (χ2n) is 4.88. The summed E-state index contributed by atoms with van der Waals surface area (Å²) in [7, 11) is 0. The van der Waals surface area contributed by atoms with Crippen LogP contribution in [0, 0.1) is 24.1 Å². The Bertz CT molecular complexity index is 695. The standard InChI is InChI=1S/C17H16FN3O/c1-12-11-14(18)7-8-15(12)20-17(22)21-16(9-10-19)13-5-3-2-4-6-13/h2-8,11,16H,9H2,1H3,(H2,20,21,22)/t16-/m1/s1. The average Bonchev–Trinajstić information content (AvgIpc) is 2.50. The number of amides is 2. The molecule has 5 heteroatoms. The Labute approximate surface area is 128 Å². The zero-order valence-electron chi connectivity index (χ0n) is 12.1. The molecule has 0 fully saturated rings. The van der Waals surface area contributed by atoms with Crippen molar-refractivity contribution in [2.45, 2.75) is 19.4 Å². The van der Waals surface area contributed by atoms with Crippen LogP contribution in [0.5, 0.6) is 0 Å². The van der Waals surface area contributed by atoms with E-state index in [2.05, 4.69) is 16.7 Å². The Morgan fingerprint density at radius 3 is 2.64 bits per heavy atom. The first-order valence-electron chi connectivity index (χ1n) is 6.85. The van der Waals surface area contributed by atoms with Gasteiger partial charge in [0.25, 0.3) is 0 Å². The molecule has 0 aliphatic rings. The van der Waals surface area contributed by atoms with Gasteiger partial charge in [-0.15, -0.1) is 0 Å². The lowest BCUT2D eigenvalue weighted by molar-refractivity contribution is 0.248. The van der Waals surface area contributed by atoms with E-state index >= 15 is 0 Å². The lowest BCUT2D eigenvalue weighted by Crippen LogP contribution is -2.32. The fourth-order valence-electron chi connectivity index (χ4n) is 2.11. The third kappa shape index (κ3) is 4.06. The fraction of sp³-hybridized carbons (Fsp3) is 0.176. The predicted molar refractivity (Wildman–Crippen MR) is 82.7 cm³/mol. The normalized spacial score (nSPS) is 11.3. The van der Waals surface area contributed by atoms with Gasteiger partial charge in [-0.25, -0.2) is 9.18 Å². The molecule has 0 heterocycles. The molecular weight excluding hydrogens is 281 g/mol. The number of nitriles is 1. The zero-order valence-corrected chi connectivity index (χ0v) is 12.1. The van der Waals surface area contributed by atoms with Crippen LogP contribution in [0.3, 0.4) is 0 Å². The highest BCUT2D eigenvalue weighted by Crippen LogP contribution is 2.18. The Morgan fingerprint density at radius 1 is 1.27 bits per heavy atom. The molecule has 0 bridgehead atoms. The summed E-state index contributed by atoms with van der Waals surface area (Å²) in [5, 5.41) is 14.3. The number of carbonyl (C=O) groups excluding carboxylic acids is 1. The lowest BCUT2D eigenvalue weighted by Gasteiger charge is -2.17. The van der Waals surface area contributed by atoms with E-state index in [-0.39, 0.29) is 12.2 Å². The average molecular weight is 297 g/mol. The summed E-state index contributed by atoms with van der Waals surface area (Å²) in [5.41, 5.74) is 2.02. The highest BCUT2D eigenvalue weighted by Gasteiger charge is 2.14. The van der Waals surface area contributed by atoms with Gasteiger partial charge in [-0.1, -0.05) is 30.3 Å². The van der Waals surface area contributed by atoms with E-state index in [1.54, 1.807) is 6.92 Å². The highest BCUT2D eigenvalue weighted by atomic mass is 19.1. The van der Waals surface area contributed by atoms with Gasteiger partial charge in [-0.3, -0.25) is 0 Å². The first-order chi connectivity index (χ1) is 10.6. The number of benzene rings is 2. The van der Waals surface area contributed by atoms with Crippen molar-refractivity contribution >= 4 is 11.7 Å². The maximum Gasteiger partial charge on any atom is 0.319 e. The number of nitrogens with one attached hydrogen (secondary N) is 2. The molecule has 2 N–H and O–H groups in total. The minimum absolute atomic E-state index is 0.167. The Morgan fingerprint density at radius 2 is 2.00 bits per heavy atom. The molecule has 2 aromatic carbocycles. The molecule has 2 rings (SSSR count). The molecule has 112 valence electrons. The predicted octanol–water partition coefficient (Wildman–Crippen LogP) is 3.91. The van der Waals surface area contributed by atoms with Gasteiger partial charge >= 0.3 is 6.03 Å². The van der Waals surface area contributed by atoms with Crippen molar-refractivity contribution in [1.82, 2.24) is 5.32 Å². The van der Waals surface area contributed by atoms with Crippen LogP contribution >= 0.6 is 0 Å². The summed E-state index contributed by atoms with van der Waals surface area (Å²) in [5.74, 6) is -0.352. The van der Waals surface area contributed by atoms with Gasteiger partial charge in [0.2, 0.25) is 0 Å². The number of nitrogens with zero attached hydrogens (tertiary/aromatic N) is 1. The maximum atomic E-state index is 13.1. The highest BCUT2D eigenvalue weighted by molar-refractivity contribution is 5.90. The van der Waals surface area contributed by atoms with E-state index in [4.69, 9.17) is 5.26 Å². The van der Waals surface area contributed by atoms with E-state index in [1.165, 1.54) is 18.2 Å². The molecule has 4 nitrogen and oxygen atoms in total. The smallest absolute Gasteiger partial charge is 0.319 e. The molecule has 22 heavy (non-hydrogen) atoms. The van der Waals surface area contributed by atoms with Crippen molar-refractivity contribution < 1.29 is 9.18 Å². The first kappa shape index (κ1) is 15.5. The summed E-state index contributed by atoms with van der Waals surface area (Å²) < 4.78 is 13.1. The summed E-state index contributed by atoms with van der Waals surface area (Å²) in [4.78, 5) is 12.1. The number of urea groups is 1. The molecule has 0 aromatic heterocycles. The third-order valence-corrected chi connectivity index (χ3v) is 3.24. The SMILES string of the molecule is Cc1cc(F)ccc1NC(=O)N[C@H](CC#N)c1ccccc1. The first-order valence-corrected chi connectivity index (χ1v) is 6.85. The van der Waals surface area contributed by atoms with Crippen LogP contribution in [0.2, 0.25) is 0 Å². The van der Waals surface area contributed by atoms with Crippen molar-refractivity contribution in [1.29, 1.82) is 5.26 Å². The lowest BCUT2D eigenvalue weighted by atomic mass is 10.0. The van der Waals surface area contributed by atoms with Crippen LogP contribution in [0.15, 0.2) is 48.5 Å². The molecule has 0 saturated heterocycles. The second kappa shape index (κ2) is 7.23. The Balaban J connectivity index is 2.07. The minimum atomic E-state index is -0.432. The number of hydrogen-bond acceptors (Lipinski definition) is 2. The van der Waals surface area contributed by atoms with Crippen LogP contribution in [-0.2, 0) is 0 Å². The van der Waals surface area contributed by atoms with E-state index in [0.29, 0.717) is 11.3 Å². The number of carbonyl (C=O) groups is 1. The van der Waals surface area contributed by atoms with Gasteiger partial charge in [0.05, 0.1) is 18.5 Å². The van der Waals surface area contributed by atoms with E-state index in [9.17, 15) is 9.18 Å². The number of halogens is 1. The van der Waals surface area contributed by atoms with Crippen LogP contribution in [0.4, 0.5) is 14.9 Å². The van der Waals surface area contributed by atoms with Crippen molar-refractivity contribution in [3.63, 3.8) is 0 Å². The monoisotopic (exact) mass is 297 g/mol. The van der Waals surface area contributed by atoms with Crippen molar-refractivity contribution in [2.24, 2.45) is 0 Å². The van der Waals surface area contributed by atoms with Crippen molar-refractivity contribution in [3.05, 3.63) is 65.5 Å². The summed E-state index contributed by atoms with van der Waals surface area (Å²) >= 11 is 0. The van der Waals surface area contributed by atoms with Crippen LogP contribution in [-0.4, -0.2) is 6.03 Å². The van der Waals surface area contributed by atoms with E-state index in [0.717, 1.165) is 5.56 Å². The molecule has 0 radical (unpaired) electrons. The second-order valence-corrected chi connectivity index (χ2v) is 4.88. The van der Waals surface area contributed by atoms with Gasteiger partial charge in [0, 0.05) is 5.69 Å². The van der Waals surface area contributed by atoms with Gasteiger partial charge in [0.15, 0.2) is 0 Å². The number of aryl methyl sites for hydroxylation is 1. The molecule has 2 amide bonds. The quantitative estimate of drug-likeness (QED) is 0.898. The summed E-state index contributed by atoms with van der Waals surface area (Å²) in [6.07, 6.45) is 0.167. The van der Waals surface area contributed by atoms with Crippen LogP contribution in [0.1, 0.15) is 23.6 Å². The number of hydrogen-bond donors (Lipinski definition) is 2. The molecule has 1 atom stereocenters. The molecule has 0 spiro atoms. The molecular formula is C17H16FN3O. The van der Waals surface area contributed by atoms with Crippen LogP contribution in [0.25, 0.3) is 0 Å². The van der Waals surface area contributed by atoms with Gasteiger partial charge in [-0.2, -0.15) is 5.26 Å². The summed E-state index contributed by atoms with van der Waals surface area (Å²) in [6, 6.07) is 14.6.